The number of ether oxygens (including phenoxy) is 5. The van der Waals surface area contributed by atoms with Crippen LogP contribution in [0.25, 0.3) is 0 Å². The molecule has 4 aromatic rings. The van der Waals surface area contributed by atoms with Crippen LogP contribution in [0.3, 0.4) is 0 Å². The molecule has 6 saturated carbocycles. The maximum atomic E-state index is 17.8. The Bertz CT molecular complexity index is 6190. The molecule has 8 fully saturated rings. The van der Waals surface area contributed by atoms with E-state index in [-0.39, 0.29) is 94.9 Å². The van der Waals surface area contributed by atoms with Crippen LogP contribution in [0.15, 0.2) is 189 Å². The number of nitrogens with zero attached hydrogens (tertiary/aromatic N) is 2. The Morgan fingerprint density at radius 2 is 0.812 bits per heavy atom. The number of aliphatic hydroxyl groups is 4. The fourth-order valence-corrected chi connectivity index (χ4v) is 24.9. The molecule has 10 amide bonds. The predicted molar refractivity (Wildman–Crippen MR) is 512 cm³/mol. The second kappa shape index (κ2) is 43.4. The van der Waals surface area contributed by atoms with Crippen LogP contribution in [0, 0.1) is 45.3 Å². The number of imide groups is 2. The first kappa shape index (κ1) is 112. The number of carbonyl (C=O) groups excluding carboxylic acids is 15. The number of amides is 10. The van der Waals surface area contributed by atoms with Crippen molar-refractivity contribution >= 4 is 135 Å². The average Bonchev–Trinajstić information content (AvgIpc) is 1.51. The molecule has 0 aromatic heterocycles. The van der Waals surface area contributed by atoms with Gasteiger partial charge in [-0.2, -0.15) is 13.2 Å². The molecular formula is C104H113F7N8O28S2. The molecule has 8 aliphatic carbocycles. The van der Waals surface area contributed by atoms with E-state index in [1.807, 2.05) is 24.3 Å². The third kappa shape index (κ3) is 21.8. The Hall–Kier alpha value is -12.6. The highest BCUT2D eigenvalue weighted by molar-refractivity contribution is 7.99. The third-order valence-electron chi connectivity index (χ3n) is 30.6. The summed E-state index contributed by atoms with van der Waals surface area (Å²) in [6.45, 7) is 12.1. The maximum absolute atomic E-state index is 17.8. The Morgan fingerprint density at radius 1 is 0.477 bits per heavy atom. The van der Waals surface area contributed by atoms with E-state index in [1.165, 1.54) is 75.5 Å². The van der Waals surface area contributed by atoms with E-state index in [1.54, 1.807) is 107 Å². The van der Waals surface area contributed by atoms with Crippen LogP contribution >= 0.6 is 23.5 Å². The maximum Gasteiger partial charge on any atom is 0.490 e. The van der Waals surface area contributed by atoms with Gasteiger partial charge < -0.3 is 86.2 Å². The highest BCUT2D eigenvalue weighted by Crippen LogP contribution is 2.75. The Morgan fingerprint density at radius 3 is 1.13 bits per heavy atom. The molecule has 45 heteroatoms. The van der Waals surface area contributed by atoms with Gasteiger partial charge in [-0.25, -0.2) is 22.4 Å². The largest absolute Gasteiger partial charge is 0.490 e. The van der Waals surface area contributed by atoms with Crippen molar-refractivity contribution in [3.8, 4) is 0 Å². The number of allylic oxidation sites excluding steroid dienone is 8. The van der Waals surface area contributed by atoms with E-state index in [4.69, 9.17) is 33.6 Å². The molecule has 2 saturated heterocycles. The van der Waals surface area contributed by atoms with Crippen molar-refractivity contribution in [1.29, 1.82) is 0 Å². The fraction of sp³-hybridized carbons (Fsp3) is 0.490. The molecule has 12 N–H and O–H groups in total. The Labute approximate surface area is 857 Å². The summed E-state index contributed by atoms with van der Waals surface area (Å²) < 4.78 is 131. The molecule has 149 heavy (non-hydrogen) atoms. The quantitative estimate of drug-likeness (QED) is 0.0123. The van der Waals surface area contributed by atoms with Gasteiger partial charge >= 0.3 is 24.1 Å². The summed E-state index contributed by atoms with van der Waals surface area (Å²) >= 11 is 2.79. The number of Topliss-reactive ketones (excluding diaryl/α,β-unsaturated/α-hetero) is 2. The minimum Gasteiger partial charge on any atom is -0.481 e. The zero-order chi connectivity index (χ0) is 109. The van der Waals surface area contributed by atoms with E-state index in [0.29, 0.717) is 22.5 Å². The van der Waals surface area contributed by atoms with Crippen LogP contribution in [0.4, 0.5) is 42.1 Å². The lowest BCUT2D eigenvalue weighted by molar-refractivity contribution is -0.235. The standard InChI is InChI=1S/C53H60F2N4O13S.C49H52F2N4O13S.C2HF3O2/c1-28(56-47(69)38(15-18-45(67)71-49(2,3)4)58-42(64)20-22-59-43(65)16-17-44(59)66)46(68)57-30-9-13-33(14-10-30)73-32-11-7-29(8-12-32)48-70-41-25-34-35-24-37(54)36-23-31(61)19-21-50(36,5)52(35,55)39(62)26-51(34,6)53(41,72-48)40(63)27-60;1-25(52-44(66)35(12-15-42(63)64)54-39(60)17-19-55-40(61)13-14-41(55)62)43(65)53-27-6-10-30(11-7-27)69-29-8-4-26(5-9-29)45-67-38-22-31-32-21-34(50)33-20-28(57)16-18-46(33,2)48(32,51)36(58)23-47(31,3)49(38,68-45)37(59)24-56;3-2(4,5)1(6)7/h7-14,16-17,19,21,23,28,34-35,37-39,41,48,60,62H,15,18,20,22,24-27H2,1-6H3,(H,56,69)(H,57,68)(H,58,64);4-11,13-14,16,18,20,25,31-32,34-36,38,45,56,58H,12,15,17,19,21-24H2,1-3H3,(H,52,66)(H,53,65)(H,54,60)(H,63,64);(H,6,7)/t28-,34-,35-,37-,38-,39-,41+,48+,50-,51-,52-,53+;25-,31-,32-,34-,35-,36-,38+,45+,46-,47-,48-,49+;/m00./s1. The molecule has 36 nitrogen and oxygen atoms in total. The lowest BCUT2D eigenvalue weighted by Gasteiger charge is -2.63. The summed E-state index contributed by atoms with van der Waals surface area (Å²) in [7, 11) is 0. The van der Waals surface area contributed by atoms with Crippen molar-refractivity contribution < 1.29 is 167 Å². The monoisotopic (exact) mass is 2120 g/mol. The van der Waals surface area contributed by atoms with Gasteiger partial charge in [-0.3, -0.25) is 86.5 Å². The van der Waals surface area contributed by atoms with Gasteiger partial charge in [0.2, 0.25) is 35.4 Å². The minimum atomic E-state index is -5.08. The number of alkyl halides is 7. The fourth-order valence-electron chi connectivity index (χ4n) is 23.3. The third-order valence-corrected chi connectivity index (χ3v) is 32.6. The summed E-state index contributed by atoms with van der Waals surface area (Å²) in [5.74, 6) is -16.8. The molecule has 4 heterocycles. The van der Waals surface area contributed by atoms with Gasteiger partial charge in [0.05, 0.1) is 24.4 Å². The van der Waals surface area contributed by atoms with Crippen molar-refractivity contribution in [2.24, 2.45) is 45.3 Å². The van der Waals surface area contributed by atoms with Crippen LogP contribution in [-0.2, 0) is 105 Å². The predicted octanol–water partition coefficient (Wildman–Crippen LogP) is 9.07. The van der Waals surface area contributed by atoms with Crippen LogP contribution in [0.1, 0.15) is 163 Å². The summed E-state index contributed by atoms with van der Waals surface area (Å²) in [4.78, 5) is 216. The zero-order valence-electron chi connectivity index (χ0n) is 82.1. The first-order valence-electron chi connectivity index (χ1n) is 48.2. The van der Waals surface area contributed by atoms with E-state index >= 15 is 17.6 Å². The second-order valence-corrected chi connectivity index (χ2v) is 43.0. The molecule has 4 aliphatic heterocycles. The van der Waals surface area contributed by atoms with Crippen LogP contribution in [-0.4, -0.2) is 262 Å². The number of carbonyl (C=O) groups is 17. The Balaban J connectivity index is 0.000000221. The minimum absolute atomic E-state index is 0.00966. The summed E-state index contributed by atoms with van der Waals surface area (Å²) in [5, 5.41) is 76.0. The summed E-state index contributed by atoms with van der Waals surface area (Å²) in [6, 6.07) is 23.2. The average molecular weight is 2120 g/mol. The number of rotatable bonds is 32. The lowest BCUT2D eigenvalue weighted by Crippen LogP contribution is -2.70. The van der Waals surface area contributed by atoms with Gasteiger partial charge in [0, 0.05) is 139 Å². The van der Waals surface area contributed by atoms with E-state index in [2.05, 4.69) is 31.9 Å². The highest BCUT2D eigenvalue weighted by atomic mass is 32.2. The SMILES string of the molecule is C[C@H](NC(=O)[C@H](CCC(=O)O)NC(=O)CCN1C(=O)C=CC1=O)C(=O)Nc1ccc(Sc2ccc([C@@H]3O[C@@H]4C[C@H]5[C@@H]6C[C@H](F)C7=CC(=O)C=C[C@]7(C)[C@@]6(F)[C@@H](O)C[C@]5(C)[C@]4(C(=O)CO)O3)cc2)cc1.C[C@H](NC(=O)[C@H](CCC(=O)OC(C)(C)C)NC(=O)CCN1C(=O)C=CC1=O)C(=O)Nc1ccc(Sc2ccc([C@@H]3O[C@@H]4C[C@H]5[C@@H]6C[C@H](F)C7=CC(=O)C=C[C@]7(C)[C@@]6(F)[C@@H](O)C[C@]5(C)[C@]4(C(=O)CO)O3)cc2)cc1.O=C(O)C(F)(F)F. The van der Waals surface area contributed by atoms with E-state index in [0.717, 1.165) is 65.8 Å². The van der Waals surface area contributed by atoms with Gasteiger partial charge in [0.1, 0.15) is 55.3 Å². The number of hydrogen-bond donors (Lipinski definition) is 12. The summed E-state index contributed by atoms with van der Waals surface area (Å²) in [5.41, 5.74) is -12.9. The molecule has 24 atom stereocenters. The number of nitrogens with one attached hydrogen (secondary N) is 6. The van der Waals surface area contributed by atoms with Crippen molar-refractivity contribution in [3.05, 3.63) is 180 Å². The first-order valence-corrected chi connectivity index (χ1v) is 49.8. The molecule has 16 rings (SSSR count). The molecule has 4 aromatic carbocycles. The zero-order valence-corrected chi connectivity index (χ0v) is 83.7. The number of benzene rings is 4. The second-order valence-electron chi connectivity index (χ2n) is 40.7. The molecule has 0 radical (unpaired) electrons. The number of fused-ring (bicyclic) bond motifs is 14. The van der Waals surface area contributed by atoms with E-state index in [9.17, 15) is 115 Å². The van der Waals surface area contributed by atoms with Gasteiger partial charge in [0.15, 0.2) is 58.3 Å². The van der Waals surface area contributed by atoms with Crippen LogP contribution in [0.2, 0.25) is 0 Å². The first-order chi connectivity index (χ1) is 69.9. The number of carboxylic acids is 2. The van der Waals surface area contributed by atoms with Crippen molar-refractivity contribution in [2.45, 2.75) is 267 Å². The number of anilines is 2. The van der Waals surface area contributed by atoms with Crippen molar-refractivity contribution in [1.82, 2.24) is 31.1 Å². The highest BCUT2D eigenvalue weighted by Gasteiger charge is 2.82. The number of carboxylic acid groups (broad SMARTS) is 2. The lowest BCUT2D eigenvalue weighted by atomic mass is 9.44. The molecule has 12 aliphatic rings. The van der Waals surface area contributed by atoms with Gasteiger partial charge in [-0.1, -0.05) is 73.8 Å². The smallest absolute Gasteiger partial charge is 0.481 e. The number of ketones is 4. The van der Waals surface area contributed by atoms with Gasteiger partial charge in [-0.15, -0.1) is 0 Å². The normalized spacial score (nSPS) is 31.4. The Kier molecular flexibility index (Phi) is 32.6. The van der Waals surface area contributed by atoms with Gasteiger partial charge in [0.25, 0.3) is 23.6 Å². The number of hydrogen-bond acceptors (Lipinski definition) is 28. The van der Waals surface area contributed by atoms with Crippen LogP contribution in [0.5, 0.6) is 0 Å². The van der Waals surface area contributed by atoms with E-state index < -0.39 is 273 Å². The number of aliphatic hydroxyl groups excluding tert-OH is 4. The van der Waals surface area contributed by atoms with Gasteiger partial charge in [-0.05, 0) is 220 Å². The molecular weight excluding hydrogens is 2010 g/mol. The number of esters is 1. The van der Waals surface area contributed by atoms with Crippen LogP contribution < -0.4 is 31.9 Å². The molecule has 0 bridgehead atoms. The summed E-state index contributed by atoms with van der Waals surface area (Å²) in [6.07, 6.45) is -6.83. The molecule has 0 unspecified atom stereocenters. The molecule has 0 spiro atoms. The van der Waals surface area contributed by atoms with Crippen molar-refractivity contribution in [2.75, 3.05) is 36.9 Å². The molecule has 798 valence electrons. The topological polar surface area (TPSA) is 536 Å². The number of aliphatic carboxylic acids is 2. The van der Waals surface area contributed by atoms with Crippen molar-refractivity contribution in [3.63, 3.8) is 0 Å². The number of halogens is 7.